The molecule has 25 heavy (non-hydrogen) atoms. The van der Waals surface area contributed by atoms with Gasteiger partial charge in [-0.3, -0.25) is 14.4 Å². The zero-order chi connectivity index (χ0) is 18.4. The Labute approximate surface area is 145 Å². The van der Waals surface area contributed by atoms with Gasteiger partial charge in [0.25, 0.3) is 11.8 Å². The van der Waals surface area contributed by atoms with Crippen LogP contribution in [0.4, 0.5) is 0 Å². The second kappa shape index (κ2) is 8.15. The van der Waals surface area contributed by atoms with E-state index in [0.29, 0.717) is 13.0 Å². The third kappa shape index (κ3) is 5.31. The van der Waals surface area contributed by atoms with Crippen molar-refractivity contribution in [3.63, 3.8) is 0 Å². The average Bonchev–Trinajstić information content (AvgIpc) is 3.21. The molecule has 0 spiro atoms. The first-order valence-corrected chi connectivity index (χ1v) is 9.61. The topological polar surface area (TPSA) is 123 Å². The molecule has 1 fully saturated rings. The van der Waals surface area contributed by atoms with Crippen LogP contribution in [0.15, 0.2) is 22.8 Å². The molecule has 0 aromatic carbocycles. The van der Waals surface area contributed by atoms with Crippen molar-refractivity contribution in [2.45, 2.75) is 19.4 Å². The number of carbonyl (C=O) groups is 3. The molecule has 1 N–H and O–H groups in total. The molecule has 10 heteroatoms. The van der Waals surface area contributed by atoms with Gasteiger partial charge >= 0.3 is 5.97 Å². The van der Waals surface area contributed by atoms with Gasteiger partial charge in [-0.15, -0.1) is 0 Å². The largest absolute Gasteiger partial charge is 0.459 e. The van der Waals surface area contributed by atoms with Crippen LogP contribution in [0, 0.1) is 0 Å². The maximum atomic E-state index is 12.2. The zero-order valence-electron chi connectivity index (χ0n) is 13.8. The highest BCUT2D eigenvalue weighted by Gasteiger charge is 2.34. The van der Waals surface area contributed by atoms with E-state index in [0.717, 1.165) is 0 Å². The number of hydrogen-bond acceptors (Lipinski definition) is 7. The summed E-state index contributed by atoms with van der Waals surface area (Å²) in [6.07, 6.45) is 1.71. The van der Waals surface area contributed by atoms with Crippen molar-refractivity contribution >= 4 is 27.6 Å². The van der Waals surface area contributed by atoms with Crippen LogP contribution < -0.4 is 5.32 Å². The SMILES string of the molecule is CCN(C(=O)COC(=O)CNC(=O)c1ccco1)[C@@H]1CCS(=O)(=O)C1. The minimum Gasteiger partial charge on any atom is -0.459 e. The molecule has 1 aliphatic rings. The molecule has 0 aliphatic carbocycles. The fourth-order valence-electron chi connectivity index (χ4n) is 2.58. The van der Waals surface area contributed by atoms with Gasteiger partial charge in [-0.1, -0.05) is 0 Å². The lowest BCUT2D eigenvalue weighted by Gasteiger charge is -2.26. The first-order valence-electron chi connectivity index (χ1n) is 7.79. The van der Waals surface area contributed by atoms with Crippen LogP contribution in [-0.2, 0) is 24.2 Å². The number of esters is 1. The normalized spacial score (nSPS) is 18.5. The number of ether oxygens (including phenoxy) is 1. The smallest absolute Gasteiger partial charge is 0.325 e. The van der Waals surface area contributed by atoms with Crippen LogP contribution in [0.2, 0.25) is 0 Å². The molecular formula is C15H20N2O7S. The standard InChI is InChI=1S/C15H20N2O7S/c1-2-17(11-5-7-25(21,22)10-11)13(18)9-24-14(19)8-16-15(20)12-4-3-6-23-12/h3-4,6,11H,2,5,7-10H2,1H3,(H,16,20)/t11-/m1/s1. The summed E-state index contributed by atoms with van der Waals surface area (Å²) in [4.78, 5) is 36.8. The molecule has 0 saturated carbocycles. The third-order valence-corrected chi connectivity index (χ3v) is 5.56. The van der Waals surface area contributed by atoms with Crippen molar-refractivity contribution in [2.75, 3.05) is 31.2 Å². The van der Waals surface area contributed by atoms with Crippen LogP contribution in [0.5, 0.6) is 0 Å². The summed E-state index contributed by atoms with van der Waals surface area (Å²) in [5.74, 6) is -1.76. The minimum absolute atomic E-state index is 0.0556. The number of furan rings is 1. The number of nitrogens with zero attached hydrogens (tertiary/aromatic N) is 1. The molecule has 0 bridgehead atoms. The molecule has 2 amide bonds. The third-order valence-electron chi connectivity index (χ3n) is 3.81. The van der Waals surface area contributed by atoms with E-state index >= 15 is 0 Å². The zero-order valence-corrected chi connectivity index (χ0v) is 14.6. The molecule has 2 rings (SSSR count). The molecule has 2 heterocycles. The summed E-state index contributed by atoms with van der Waals surface area (Å²) in [5, 5.41) is 2.31. The van der Waals surface area contributed by atoms with Gasteiger partial charge in [0.1, 0.15) is 6.54 Å². The Hall–Kier alpha value is -2.36. The van der Waals surface area contributed by atoms with Gasteiger partial charge in [0.15, 0.2) is 22.2 Å². The summed E-state index contributed by atoms with van der Waals surface area (Å²) < 4.78 is 32.8. The van der Waals surface area contributed by atoms with E-state index in [4.69, 9.17) is 9.15 Å². The van der Waals surface area contributed by atoms with E-state index in [1.807, 2.05) is 0 Å². The average molecular weight is 372 g/mol. The highest BCUT2D eigenvalue weighted by molar-refractivity contribution is 7.91. The van der Waals surface area contributed by atoms with Crippen LogP contribution in [0.3, 0.4) is 0 Å². The van der Waals surface area contributed by atoms with E-state index in [9.17, 15) is 22.8 Å². The van der Waals surface area contributed by atoms with Gasteiger partial charge in [-0.2, -0.15) is 0 Å². The van der Waals surface area contributed by atoms with Crippen LogP contribution in [0.25, 0.3) is 0 Å². The summed E-state index contributed by atoms with van der Waals surface area (Å²) in [6, 6.07) is 2.59. The molecule has 138 valence electrons. The molecule has 1 aromatic rings. The number of sulfone groups is 1. The maximum Gasteiger partial charge on any atom is 0.325 e. The van der Waals surface area contributed by atoms with Gasteiger partial charge < -0.3 is 19.4 Å². The van der Waals surface area contributed by atoms with Crippen molar-refractivity contribution in [3.05, 3.63) is 24.2 Å². The predicted octanol–water partition coefficient (Wildman–Crippen LogP) is -0.412. The fraction of sp³-hybridized carbons (Fsp3) is 0.533. The molecule has 1 atom stereocenters. The molecular weight excluding hydrogens is 352 g/mol. The molecule has 0 radical (unpaired) electrons. The van der Waals surface area contributed by atoms with Crippen LogP contribution in [-0.4, -0.2) is 68.3 Å². The fourth-order valence-corrected chi connectivity index (χ4v) is 4.31. The lowest BCUT2D eigenvalue weighted by molar-refractivity contribution is -0.151. The Morgan fingerprint density at radius 1 is 1.40 bits per heavy atom. The predicted molar refractivity (Wildman–Crippen MR) is 86.4 cm³/mol. The van der Waals surface area contributed by atoms with E-state index in [1.54, 1.807) is 6.92 Å². The van der Waals surface area contributed by atoms with Crippen molar-refractivity contribution < 1.29 is 32.0 Å². The summed E-state index contributed by atoms with van der Waals surface area (Å²) >= 11 is 0. The molecule has 1 saturated heterocycles. The summed E-state index contributed by atoms with van der Waals surface area (Å²) in [6.45, 7) is 1.15. The number of likely N-dealkylation sites (N-methyl/N-ethyl adjacent to an activating group) is 1. The summed E-state index contributed by atoms with van der Waals surface area (Å²) in [5.41, 5.74) is 0. The monoisotopic (exact) mass is 372 g/mol. The van der Waals surface area contributed by atoms with Gasteiger partial charge in [-0.05, 0) is 25.5 Å². The first kappa shape index (κ1) is 19.0. The van der Waals surface area contributed by atoms with Gasteiger partial charge in [0.2, 0.25) is 0 Å². The van der Waals surface area contributed by atoms with Crippen molar-refractivity contribution in [3.8, 4) is 0 Å². The van der Waals surface area contributed by atoms with Crippen molar-refractivity contribution in [1.29, 1.82) is 0 Å². The lowest BCUT2D eigenvalue weighted by Crippen LogP contribution is -2.43. The highest BCUT2D eigenvalue weighted by atomic mass is 32.2. The quantitative estimate of drug-likeness (QED) is 0.645. The van der Waals surface area contributed by atoms with Crippen molar-refractivity contribution in [2.24, 2.45) is 0 Å². The Kier molecular flexibility index (Phi) is 6.18. The minimum atomic E-state index is -3.11. The summed E-state index contributed by atoms with van der Waals surface area (Å²) in [7, 11) is -3.11. The van der Waals surface area contributed by atoms with E-state index in [1.165, 1.54) is 23.3 Å². The molecule has 1 aliphatic heterocycles. The number of rotatable bonds is 7. The van der Waals surface area contributed by atoms with E-state index < -0.39 is 40.8 Å². The molecule has 0 unspecified atom stereocenters. The van der Waals surface area contributed by atoms with Crippen LogP contribution in [0.1, 0.15) is 23.9 Å². The first-order chi connectivity index (χ1) is 11.8. The number of hydrogen-bond donors (Lipinski definition) is 1. The lowest BCUT2D eigenvalue weighted by atomic mass is 10.2. The molecule has 1 aromatic heterocycles. The Morgan fingerprint density at radius 2 is 2.16 bits per heavy atom. The number of amides is 2. The maximum absolute atomic E-state index is 12.2. The Bertz CT molecular complexity index is 727. The van der Waals surface area contributed by atoms with Gasteiger partial charge in [0, 0.05) is 12.6 Å². The Morgan fingerprint density at radius 3 is 2.72 bits per heavy atom. The Balaban J connectivity index is 1.76. The van der Waals surface area contributed by atoms with E-state index in [2.05, 4.69) is 5.32 Å². The highest BCUT2D eigenvalue weighted by Crippen LogP contribution is 2.17. The van der Waals surface area contributed by atoms with E-state index in [-0.39, 0.29) is 23.3 Å². The van der Waals surface area contributed by atoms with Gasteiger partial charge in [0.05, 0.1) is 17.8 Å². The van der Waals surface area contributed by atoms with Crippen LogP contribution >= 0.6 is 0 Å². The second-order valence-electron chi connectivity index (χ2n) is 5.56. The van der Waals surface area contributed by atoms with Gasteiger partial charge in [-0.25, -0.2) is 8.42 Å². The number of nitrogens with one attached hydrogen (secondary N) is 1. The number of carbonyl (C=O) groups excluding carboxylic acids is 3. The van der Waals surface area contributed by atoms with Crippen molar-refractivity contribution in [1.82, 2.24) is 10.2 Å². The molecule has 9 nitrogen and oxygen atoms in total. The second-order valence-corrected chi connectivity index (χ2v) is 7.79.